The van der Waals surface area contributed by atoms with Gasteiger partial charge >= 0.3 is 5.97 Å². The molecular weight excluding hydrogens is 260 g/mol. The molecule has 0 aliphatic rings. The van der Waals surface area contributed by atoms with E-state index in [1.54, 1.807) is 0 Å². The van der Waals surface area contributed by atoms with E-state index >= 15 is 0 Å². The Kier molecular flexibility index (Phi) is 11.8. The minimum Gasteiger partial charge on any atom is -0.465 e. The quantitative estimate of drug-likeness (QED) is 0.302. The Morgan fingerprint density at radius 1 is 0.905 bits per heavy atom. The largest absolute Gasteiger partial charge is 0.465 e. The van der Waals surface area contributed by atoms with Crippen molar-refractivity contribution in [2.75, 3.05) is 6.61 Å². The number of carbonyl (C=O) groups is 1. The topological polar surface area (TPSA) is 26.3 Å². The van der Waals surface area contributed by atoms with Gasteiger partial charge in [-0.25, -0.2) is 0 Å². The molecule has 0 bridgehead atoms. The molecule has 0 fully saturated rings. The van der Waals surface area contributed by atoms with Gasteiger partial charge in [0.05, 0.1) is 12.0 Å². The Morgan fingerprint density at radius 2 is 1.48 bits per heavy atom. The molecule has 0 N–H and O–H groups in total. The normalized spacial score (nSPS) is 14.2. The fourth-order valence-electron chi connectivity index (χ4n) is 2.80. The average molecular weight is 299 g/mol. The van der Waals surface area contributed by atoms with Crippen LogP contribution in [0.25, 0.3) is 0 Å². The number of ether oxygens (including phenoxy) is 1. The van der Waals surface area contributed by atoms with Gasteiger partial charge in [0.15, 0.2) is 0 Å². The highest BCUT2D eigenvalue weighted by Crippen LogP contribution is 2.36. The van der Waals surface area contributed by atoms with Crippen molar-refractivity contribution in [1.82, 2.24) is 0 Å². The zero-order valence-electron chi connectivity index (χ0n) is 15.2. The molecule has 1 atom stereocenters. The zero-order valence-corrected chi connectivity index (χ0v) is 15.2. The van der Waals surface area contributed by atoms with Crippen LogP contribution in [0.4, 0.5) is 0 Å². The molecule has 0 heterocycles. The van der Waals surface area contributed by atoms with Gasteiger partial charge in [-0.3, -0.25) is 4.79 Å². The third kappa shape index (κ3) is 8.48. The molecule has 0 aliphatic heterocycles. The highest BCUT2D eigenvalue weighted by molar-refractivity contribution is 5.76. The number of hydrogen-bond acceptors (Lipinski definition) is 2. The summed E-state index contributed by atoms with van der Waals surface area (Å²) >= 11 is 0. The van der Waals surface area contributed by atoms with Gasteiger partial charge in [-0.15, -0.1) is 0 Å². The lowest BCUT2D eigenvalue weighted by atomic mass is 9.76. The second-order valence-electron chi connectivity index (χ2n) is 6.89. The van der Waals surface area contributed by atoms with Crippen molar-refractivity contribution in [2.24, 2.45) is 11.3 Å². The van der Waals surface area contributed by atoms with Crippen molar-refractivity contribution in [1.29, 1.82) is 0 Å². The molecule has 1 unspecified atom stereocenters. The van der Waals surface area contributed by atoms with Crippen LogP contribution in [0.2, 0.25) is 0 Å². The Morgan fingerprint density at radius 3 is 2.00 bits per heavy atom. The SMILES string of the molecule is CCCCCCCC(CC)(CCCC)C(=O)OCC(C)C. The van der Waals surface area contributed by atoms with E-state index in [9.17, 15) is 4.79 Å². The molecule has 21 heavy (non-hydrogen) atoms. The summed E-state index contributed by atoms with van der Waals surface area (Å²) in [5.41, 5.74) is -0.225. The first-order valence-electron chi connectivity index (χ1n) is 9.19. The van der Waals surface area contributed by atoms with Crippen molar-refractivity contribution < 1.29 is 9.53 Å². The van der Waals surface area contributed by atoms with Gasteiger partial charge in [0, 0.05) is 0 Å². The average Bonchev–Trinajstić information content (AvgIpc) is 2.48. The molecule has 0 saturated carbocycles. The highest BCUT2D eigenvalue weighted by atomic mass is 16.5. The van der Waals surface area contributed by atoms with Crippen LogP contribution in [0.3, 0.4) is 0 Å². The maximum Gasteiger partial charge on any atom is 0.312 e. The van der Waals surface area contributed by atoms with Crippen molar-refractivity contribution in [3.63, 3.8) is 0 Å². The van der Waals surface area contributed by atoms with Crippen LogP contribution in [0.1, 0.15) is 98.8 Å². The van der Waals surface area contributed by atoms with Crippen LogP contribution < -0.4 is 0 Å². The monoisotopic (exact) mass is 298 g/mol. The molecule has 0 aromatic rings. The van der Waals surface area contributed by atoms with Crippen LogP contribution in [-0.4, -0.2) is 12.6 Å². The first-order valence-corrected chi connectivity index (χ1v) is 9.19. The van der Waals surface area contributed by atoms with Crippen LogP contribution in [-0.2, 0) is 9.53 Å². The van der Waals surface area contributed by atoms with Gasteiger partial charge in [-0.2, -0.15) is 0 Å². The van der Waals surface area contributed by atoms with Crippen molar-refractivity contribution in [2.45, 2.75) is 98.8 Å². The summed E-state index contributed by atoms with van der Waals surface area (Å²) in [6.07, 6.45) is 11.5. The number of rotatable bonds is 13. The lowest BCUT2D eigenvalue weighted by Gasteiger charge is -2.31. The Bertz CT molecular complexity index is 260. The van der Waals surface area contributed by atoms with E-state index in [1.807, 2.05) is 0 Å². The predicted molar refractivity (Wildman–Crippen MR) is 91.4 cm³/mol. The molecule has 0 rings (SSSR count). The van der Waals surface area contributed by atoms with Crippen LogP contribution >= 0.6 is 0 Å². The summed E-state index contributed by atoms with van der Waals surface area (Å²) in [6.45, 7) is 11.3. The number of carbonyl (C=O) groups excluding carboxylic acids is 1. The molecule has 0 radical (unpaired) electrons. The van der Waals surface area contributed by atoms with Crippen LogP contribution in [0.15, 0.2) is 0 Å². The summed E-state index contributed by atoms with van der Waals surface area (Å²) in [5.74, 6) is 0.474. The smallest absolute Gasteiger partial charge is 0.312 e. The fourth-order valence-corrected chi connectivity index (χ4v) is 2.80. The molecule has 0 saturated heterocycles. The standard InChI is InChI=1S/C19H38O2/c1-6-9-11-12-13-15-19(8-3,14-10-7-2)18(20)21-16-17(4)5/h17H,6-16H2,1-5H3. The molecule has 0 spiro atoms. The minimum atomic E-state index is -0.225. The maximum absolute atomic E-state index is 12.6. The molecule has 0 aromatic carbocycles. The summed E-state index contributed by atoms with van der Waals surface area (Å²) < 4.78 is 5.60. The van der Waals surface area contributed by atoms with Crippen molar-refractivity contribution >= 4 is 5.97 Å². The fraction of sp³-hybridized carbons (Fsp3) is 0.947. The predicted octanol–water partition coefficient (Wildman–Crippen LogP) is 6.13. The molecule has 2 heteroatoms. The second-order valence-corrected chi connectivity index (χ2v) is 6.89. The van der Waals surface area contributed by atoms with Crippen molar-refractivity contribution in [3.8, 4) is 0 Å². The summed E-state index contributed by atoms with van der Waals surface area (Å²) in [5, 5.41) is 0. The van der Waals surface area contributed by atoms with E-state index in [2.05, 4.69) is 34.6 Å². The molecule has 0 amide bonds. The second kappa shape index (κ2) is 12.1. The summed E-state index contributed by atoms with van der Waals surface area (Å²) in [4.78, 5) is 12.6. The number of esters is 1. The summed E-state index contributed by atoms with van der Waals surface area (Å²) in [7, 11) is 0. The van der Waals surface area contributed by atoms with Crippen LogP contribution in [0.5, 0.6) is 0 Å². The van der Waals surface area contributed by atoms with Gasteiger partial charge in [-0.05, 0) is 25.2 Å². The Hall–Kier alpha value is -0.530. The lowest BCUT2D eigenvalue weighted by Crippen LogP contribution is -2.33. The maximum atomic E-state index is 12.6. The summed E-state index contributed by atoms with van der Waals surface area (Å²) in [6, 6.07) is 0. The van der Waals surface area contributed by atoms with Gasteiger partial charge in [0.25, 0.3) is 0 Å². The van der Waals surface area contributed by atoms with Crippen molar-refractivity contribution in [3.05, 3.63) is 0 Å². The highest BCUT2D eigenvalue weighted by Gasteiger charge is 2.37. The Labute approximate surface area is 133 Å². The van der Waals surface area contributed by atoms with Gasteiger partial charge < -0.3 is 4.74 Å². The van der Waals surface area contributed by atoms with E-state index in [0.717, 1.165) is 38.5 Å². The third-order valence-electron chi connectivity index (χ3n) is 4.43. The first kappa shape index (κ1) is 20.5. The lowest BCUT2D eigenvalue weighted by molar-refractivity contribution is -0.158. The molecule has 126 valence electrons. The van der Waals surface area contributed by atoms with Gasteiger partial charge in [0.2, 0.25) is 0 Å². The minimum absolute atomic E-state index is 0.0580. The number of unbranched alkanes of at least 4 members (excludes halogenated alkanes) is 5. The van der Waals surface area contributed by atoms with E-state index in [4.69, 9.17) is 4.74 Å². The van der Waals surface area contributed by atoms with E-state index in [1.165, 1.54) is 25.7 Å². The molecule has 0 aliphatic carbocycles. The van der Waals surface area contributed by atoms with E-state index in [0.29, 0.717) is 12.5 Å². The molecule has 0 aromatic heterocycles. The first-order chi connectivity index (χ1) is 10.0. The zero-order chi connectivity index (χ0) is 16.1. The van der Waals surface area contributed by atoms with Gasteiger partial charge in [-0.1, -0.05) is 79.6 Å². The Balaban J connectivity index is 4.53. The van der Waals surface area contributed by atoms with Crippen LogP contribution in [0, 0.1) is 11.3 Å². The molecular formula is C19H38O2. The van der Waals surface area contributed by atoms with Gasteiger partial charge in [0.1, 0.15) is 0 Å². The van der Waals surface area contributed by atoms with E-state index < -0.39 is 0 Å². The van der Waals surface area contributed by atoms with E-state index in [-0.39, 0.29) is 11.4 Å². The third-order valence-corrected chi connectivity index (χ3v) is 4.43. The number of hydrogen-bond donors (Lipinski definition) is 0. The molecule has 2 nitrogen and oxygen atoms in total.